The number of benzene rings is 2. The van der Waals surface area contributed by atoms with Crippen molar-refractivity contribution < 1.29 is 19.0 Å². The van der Waals surface area contributed by atoms with E-state index in [0.29, 0.717) is 18.6 Å². The van der Waals surface area contributed by atoms with Crippen LogP contribution in [0.25, 0.3) is 0 Å². The SMILES string of the molecule is C=C(CCOc1ccc(OC)cc1)COC(=O)c1ccccc1. The van der Waals surface area contributed by atoms with Crippen LogP contribution < -0.4 is 9.47 Å². The van der Waals surface area contributed by atoms with Gasteiger partial charge in [0.25, 0.3) is 0 Å². The lowest BCUT2D eigenvalue weighted by atomic mass is 10.2. The van der Waals surface area contributed by atoms with Crippen molar-refractivity contribution in [3.8, 4) is 11.5 Å². The van der Waals surface area contributed by atoms with Crippen molar-refractivity contribution in [3.63, 3.8) is 0 Å². The predicted molar refractivity (Wildman–Crippen MR) is 89.0 cm³/mol. The van der Waals surface area contributed by atoms with Crippen molar-refractivity contribution >= 4 is 5.97 Å². The molecule has 0 saturated carbocycles. The van der Waals surface area contributed by atoms with Crippen LogP contribution in [-0.2, 0) is 4.74 Å². The molecule has 0 bridgehead atoms. The third-order valence-corrected chi connectivity index (χ3v) is 3.20. The molecule has 2 aromatic rings. The van der Waals surface area contributed by atoms with E-state index in [4.69, 9.17) is 14.2 Å². The number of rotatable bonds is 8. The monoisotopic (exact) mass is 312 g/mol. The smallest absolute Gasteiger partial charge is 0.338 e. The average Bonchev–Trinajstić information content (AvgIpc) is 2.61. The van der Waals surface area contributed by atoms with Gasteiger partial charge in [0.15, 0.2) is 0 Å². The fraction of sp³-hybridized carbons (Fsp3) is 0.211. The molecule has 0 radical (unpaired) electrons. The highest BCUT2D eigenvalue weighted by Gasteiger charge is 2.06. The Morgan fingerprint density at radius 3 is 2.30 bits per heavy atom. The molecule has 4 nitrogen and oxygen atoms in total. The predicted octanol–water partition coefficient (Wildman–Crippen LogP) is 3.88. The number of ether oxygens (including phenoxy) is 3. The van der Waals surface area contributed by atoms with Crippen molar-refractivity contribution in [1.82, 2.24) is 0 Å². The van der Waals surface area contributed by atoms with Crippen LogP contribution in [0.2, 0.25) is 0 Å². The maximum absolute atomic E-state index is 11.8. The third-order valence-electron chi connectivity index (χ3n) is 3.20. The summed E-state index contributed by atoms with van der Waals surface area (Å²) in [6.45, 7) is 4.58. The molecule has 2 rings (SSSR count). The number of carbonyl (C=O) groups excluding carboxylic acids is 1. The van der Waals surface area contributed by atoms with E-state index in [-0.39, 0.29) is 12.6 Å². The van der Waals surface area contributed by atoms with Crippen LogP contribution in [0.3, 0.4) is 0 Å². The second kappa shape index (κ2) is 8.63. The summed E-state index contributed by atoms with van der Waals surface area (Å²) in [6.07, 6.45) is 0.619. The second-order valence-corrected chi connectivity index (χ2v) is 4.97. The van der Waals surface area contributed by atoms with Crippen LogP contribution in [0.15, 0.2) is 66.7 Å². The molecule has 0 aromatic heterocycles. The summed E-state index contributed by atoms with van der Waals surface area (Å²) in [5, 5.41) is 0. The molecule has 0 saturated heterocycles. The van der Waals surface area contributed by atoms with E-state index in [2.05, 4.69) is 6.58 Å². The number of carbonyl (C=O) groups is 1. The largest absolute Gasteiger partial charge is 0.497 e. The van der Waals surface area contributed by atoms with Crippen LogP contribution in [-0.4, -0.2) is 26.3 Å². The van der Waals surface area contributed by atoms with Gasteiger partial charge < -0.3 is 14.2 Å². The lowest BCUT2D eigenvalue weighted by Gasteiger charge is -2.09. The molecule has 120 valence electrons. The number of hydrogen-bond acceptors (Lipinski definition) is 4. The summed E-state index contributed by atoms with van der Waals surface area (Å²) in [6, 6.07) is 16.3. The van der Waals surface area contributed by atoms with E-state index in [1.807, 2.05) is 30.3 Å². The van der Waals surface area contributed by atoms with Gasteiger partial charge in [-0.3, -0.25) is 0 Å². The molecule has 0 aliphatic carbocycles. The Bertz CT molecular complexity index is 632. The number of methoxy groups -OCH3 is 1. The summed E-state index contributed by atoms with van der Waals surface area (Å²) in [4.78, 5) is 11.8. The van der Waals surface area contributed by atoms with E-state index < -0.39 is 0 Å². The average molecular weight is 312 g/mol. The summed E-state index contributed by atoms with van der Waals surface area (Å²) >= 11 is 0. The molecule has 4 heteroatoms. The molecule has 0 amide bonds. The van der Waals surface area contributed by atoms with E-state index >= 15 is 0 Å². The summed E-state index contributed by atoms with van der Waals surface area (Å²) in [5.74, 6) is 1.21. The molecule has 0 heterocycles. The molecule has 0 spiro atoms. The fourth-order valence-corrected chi connectivity index (χ4v) is 1.88. The molecule has 0 aliphatic heterocycles. The Balaban J connectivity index is 1.67. The first kappa shape index (κ1) is 16.6. The standard InChI is InChI=1S/C19H20O4/c1-15(14-23-19(20)16-6-4-3-5-7-16)12-13-22-18-10-8-17(21-2)9-11-18/h3-11H,1,12-14H2,2H3. The summed E-state index contributed by atoms with van der Waals surface area (Å²) in [5.41, 5.74) is 1.34. The lowest BCUT2D eigenvalue weighted by Crippen LogP contribution is -2.09. The Morgan fingerprint density at radius 2 is 1.65 bits per heavy atom. The normalized spacial score (nSPS) is 9.96. The molecule has 0 N–H and O–H groups in total. The fourth-order valence-electron chi connectivity index (χ4n) is 1.88. The molecular weight excluding hydrogens is 292 g/mol. The lowest BCUT2D eigenvalue weighted by molar-refractivity contribution is 0.0536. The number of esters is 1. The molecule has 2 aromatic carbocycles. The molecule has 0 fully saturated rings. The topological polar surface area (TPSA) is 44.8 Å². The number of hydrogen-bond donors (Lipinski definition) is 0. The maximum atomic E-state index is 11.8. The zero-order chi connectivity index (χ0) is 16.5. The van der Waals surface area contributed by atoms with Gasteiger partial charge in [0.2, 0.25) is 0 Å². The maximum Gasteiger partial charge on any atom is 0.338 e. The zero-order valence-corrected chi connectivity index (χ0v) is 13.2. The van der Waals surface area contributed by atoms with Gasteiger partial charge in [-0.05, 0) is 42.0 Å². The van der Waals surface area contributed by atoms with E-state index in [9.17, 15) is 4.79 Å². The van der Waals surface area contributed by atoms with Crippen molar-refractivity contribution in [2.24, 2.45) is 0 Å². The van der Waals surface area contributed by atoms with Crippen molar-refractivity contribution in [2.45, 2.75) is 6.42 Å². The van der Waals surface area contributed by atoms with Crippen molar-refractivity contribution in [1.29, 1.82) is 0 Å². The van der Waals surface area contributed by atoms with E-state index in [1.165, 1.54) is 0 Å². The Morgan fingerprint density at radius 1 is 1.00 bits per heavy atom. The minimum atomic E-state index is -0.345. The van der Waals surface area contributed by atoms with Gasteiger partial charge in [-0.25, -0.2) is 4.79 Å². The van der Waals surface area contributed by atoms with Crippen LogP contribution in [0, 0.1) is 0 Å². The van der Waals surface area contributed by atoms with Gasteiger partial charge in [-0.15, -0.1) is 0 Å². The van der Waals surface area contributed by atoms with Gasteiger partial charge in [0, 0.05) is 6.42 Å². The molecule has 23 heavy (non-hydrogen) atoms. The Hall–Kier alpha value is -2.75. The second-order valence-electron chi connectivity index (χ2n) is 4.97. The minimum absolute atomic E-state index is 0.194. The van der Waals surface area contributed by atoms with Crippen molar-refractivity contribution in [2.75, 3.05) is 20.3 Å². The third kappa shape index (κ3) is 5.51. The highest BCUT2D eigenvalue weighted by atomic mass is 16.5. The molecular formula is C19H20O4. The molecule has 0 unspecified atom stereocenters. The van der Waals surface area contributed by atoms with Crippen LogP contribution in [0.4, 0.5) is 0 Å². The van der Waals surface area contributed by atoms with Gasteiger partial charge in [0.05, 0.1) is 19.3 Å². The van der Waals surface area contributed by atoms with Crippen LogP contribution >= 0.6 is 0 Å². The first-order valence-corrected chi connectivity index (χ1v) is 7.34. The summed E-state index contributed by atoms with van der Waals surface area (Å²) in [7, 11) is 1.62. The highest BCUT2D eigenvalue weighted by Crippen LogP contribution is 2.17. The molecule has 0 atom stereocenters. The zero-order valence-electron chi connectivity index (χ0n) is 13.2. The minimum Gasteiger partial charge on any atom is -0.497 e. The van der Waals surface area contributed by atoms with Gasteiger partial charge >= 0.3 is 5.97 Å². The first-order valence-electron chi connectivity index (χ1n) is 7.34. The molecule has 0 aliphatic rings. The van der Waals surface area contributed by atoms with Crippen LogP contribution in [0.5, 0.6) is 11.5 Å². The van der Waals surface area contributed by atoms with E-state index in [1.54, 1.807) is 31.4 Å². The van der Waals surface area contributed by atoms with E-state index in [0.717, 1.165) is 17.1 Å². The van der Waals surface area contributed by atoms with Gasteiger partial charge in [-0.1, -0.05) is 24.8 Å². The highest BCUT2D eigenvalue weighted by molar-refractivity contribution is 5.89. The van der Waals surface area contributed by atoms with Gasteiger partial charge in [0.1, 0.15) is 18.1 Å². The quantitative estimate of drug-likeness (QED) is 0.548. The van der Waals surface area contributed by atoms with Gasteiger partial charge in [-0.2, -0.15) is 0 Å². The van der Waals surface area contributed by atoms with Crippen molar-refractivity contribution in [3.05, 3.63) is 72.3 Å². The van der Waals surface area contributed by atoms with Crippen LogP contribution in [0.1, 0.15) is 16.8 Å². The Labute approximate surface area is 136 Å². The summed E-state index contributed by atoms with van der Waals surface area (Å²) < 4.78 is 15.9. The first-order chi connectivity index (χ1) is 11.2. The Kier molecular flexibility index (Phi) is 6.24.